The number of benzene rings is 1. The summed E-state index contributed by atoms with van der Waals surface area (Å²) in [6, 6.07) is 7.18. The molecule has 1 aliphatic carbocycles. The SMILES string of the molecule is O=C(NCCCN1C(=O)COc2ccccc21)N1C[C@@H]2CCC[C@@]2(C(=O)O)C1. The van der Waals surface area contributed by atoms with Gasteiger partial charge >= 0.3 is 12.0 Å². The molecule has 28 heavy (non-hydrogen) atoms. The number of carbonyl (C=O) groups excluding carboxylic acids is 2. The van der Waals surface area contributed by atoms with Crippen LogP contribution >= 0.6 is 0 Å². The number of urea groups is 1. The number of fused-ring (bicyclic) bond motifs is 2. The van der Waals surface area contributed by atoms with Crippen molar-refractivity contribution in [2.75, 3.05) is 37.7 Å². The molecule has 1 saturated carbocycles. The van der Waals surface area contributed by atoms with E-state index in [1.165, 1.54) is 0 Å². The van der Waals surface area contributed by atoms with Crippen molar-refractivity contribution in [3.8, 4) is 5.75 Å². The van der Waals surface area contributed by atoms with Gasteiger partial charge in [-0.1, -0.05) is 18.6 Å². The Morgan fingerprint density at radius 1 is 1.32 bits per heavy atom. The summed E-state index contributed by atoms with van der Waals surface area (Å²) in [5.41, 5.74) is -0.0118. The molecule has 2 fully saturated rings. The van der Waals surface area contributed by atoms with Gasteiger partial charge in [-0.15, -0.1) is 0 Å². The molecule has 1 aromatic rings. The van der Waals surface area contributed by atoms with E-state index in [4.69, 9.17) is 4.74 Å². The topological polar surface area (TPSA) is 99.2 Å². The van der Waals surface area contributed by atoms with Gasteiger partial charge in [-0.3, -0.25) is 9.59 Å². The Labute approximate surface area is 163 Å². The number of anilines is 1. The first-order chi connectivity index (χ1) is 13.5. The molecule has 0 unspecified atom stereocenters. The number of aliphatic carboxylic acids is 1. The summed E-state index contributed by atoms with van der Waals surface area (Å²) >= 11 is 0. The molecule has 4 rings (SSSR count). The average Bonchev–Trinajstić information content (AvgIpc) is 3.25. The zero-order valence-electron chi connectivity index (χ0n) is 15.7. The number of para-hydroxylation sites is 2. The van der Waals surface area contributed by atoms with Crippen LogP contribution in [0.3, 0.4) is 0 Å². The molecule has 1 aromatic carbocycles. The predicted octanol–water partition coefficient (Wildman–Crippen LogP) is 1.70. The van der Waals surface area contributed by atoms with Crippen molar-refractivity contribution in [2.24, 2.45) is 11.3 Å². The van der Waals surface area contributed by atoms with Crippen LogP contribution in [0.2, 0.25) is 0 Å². The molecule has 150 valence electrons. The van der Waals surface area contributed by atoms with Crippen LogP contribution in [-0.4, -0.2) is 60.7 Å². The monoisotopic (exact) mass is 387 g/mol. The predicted molar refractivity (Wildman–Crippen MR) is 101 cm³/mol. The van der Waals surface area contributed by atoms with Crippen molar-refractivity contribution >= 4 is 23.6 Å². The molecular formula is C20H25N3O5. The van der Waals surface area contributed by atoms with Gasteiger partial charge in [0.1, 0.15) is 5.75 Å². The number of hydrogen-bond acceptors (Lipinski definition) is 4. The number of carbonyl (C=O) groups is 3. The first-order valence-electron chi connectivity index (χ1n) is 9.80. The molecule has 8 nitrogen and oxygen atoms in total. The summed E-state index contributed by atoms with van der Waals surface area (Å²) in [6.45, 7) is 1.73. The highest BCUT2D eigenvalue weighted by atomic mass is 16.5. The minimum absolute atomic E-state index is 0.0236. The van der Waals surface area contributed by atoms with Crippen LogP contribution in [-0.2, 0) is 9.59 Å². The lowest BCUT2D eigenvalue weighted by Gasteiger charge is -2.29. The highest BCUT2D eigenvalue weighted by Gasteiger charge is 2.55. The van der Waals surface area contributed by atoms with Gasteiger partial charge in [0, 0.05) is 26.2 Å². The van der Waals surface area contributed by atoms with E-state index >= 15 is 0 Å². The van der Waals surface area contributed by atoms with E-state index in [1.54, 1.807) is 9.80 Å². The molecule has 0 spiro atoms. The molecule has 2 N–H and O–H groups in total. The Morgan fingerprint density at radius 3 is 2.93 bits per heavy atom. The third-order valence-electron chi connectivity index (χ3n) is 6.23. The Balaban J connectivity index is 1.28. The van der Waals surface area contributed by atoms with Gasteiger partial charge in [-0.25, -0.2) is 4.79 Å². The lowest BCUT2D eigenvalue weighted by Crippen LogP contribution is -2.43. The largest absolute Gasteiger partial charge is 0.482 e. The first kappa shape index (κ1) is 18.6. The zero-order chi connectivity index (χ0) is 19.7. The van der Waals surface area contributed by atoms with Crippen molar-refractivity contribution in [3.63, 3.8) is 0 Å². The molecular weight excluding hydrogens is 362 g/mol. The van der Waals surface area contributed by atoms with E-state index in [2.05, 4.69) is 5.32 Å². The molecule has 0 bridgehead atoms. The Bertz CT molecular complexity index is 798. The average molecular weight is 387 g/mol. The molecule has 3 aliphatic rings. The van der Waals surface area contributed by atoms with E-state index < -0.39 is 11.4 Å². The number of amides is 3. The molecule has 3 amide bonds. The van der Waals surface area contributed by atoms with Crippen molar-refractivity contribution in [1.82, 2.24) is 10.2 Å². The number of rotatable bonds is 5. The lowest BCUT2D eigenvalue weighted by molar-refractivity contribution is -0.149. The third kappa shape index (κ3) is 3.16. The van der Waals surface area contributed by atoms with Crippen molar-refractivity contribution in [2.45, 2.75) is 25.7 Å². The number of ether oxygens (including phenoxy) is 1. The lowest BCUT2D eigenvalue weighted by atomic mass is 9.81. The first-order valence-corrected chi connectivity index (χ1v) is 9.80. The highest BCUT2D eigenvalue weighted by Crippen LogP contribution is 2.48. The number of carboxylic acid groups (broad SMARTS) is 1. The minimum atomic E-state index is -0.783. The van der Waals surface area contributed by atoms with E-state index in [-0.39, 0.29) is 31.0 Å². The van der Waals surface area contributed by atoms with Crippen LogP contribution in [0.5, 0.6) is 5.75 Å². The molecule has 2 atom stereocenters. The summed E-state index contributed by atoms with van der Waals surface area (Å²) in [4.78, 5) is 39.7. The van der Waals surface area contributed by atoms with Crippen molar-refractivity contribution in [1.29, 1.82) is 0 Å². The molecule has 8 heteroatoms. The Kier molecular flexibility index (Phi) is 4.87. The fraction of sp³-hybridized carbons (Fsp3) is 0.550. The second kappa shape index (κ2) is 7.33. The van der Waals surface area contributed by atoms with Gasteiger partial charge in [-0.05, 0) is 37.3 Å². The zero-order valence-corrected chi connectivity index (χ0v) is 15.7. The van der Waals surface area contributed by atoms with Gasteiger partial charge in [0.15, 0.2) is 6.61 Å². The van der Waals surface area contributed by atoms with Gasteiger partial charge in [-0.2, -0.15) is 0 Å². The fourth-order valence-electron chi connectivity index (χ4n) is 4.74. The van der Waals surface area contributed by atoms with E-state index in [0.29, 0.717) is 38.2 Å². The summed E-state index contributed by atoms with van der Waals surface area (Å²) in [6.07, 6.45) is 3.04. The van der Waals surface area contributed by atoms with Crippen LogP contribution in [0, 0.1) is 11.3 Å². The van der Waals surface area contributed by atoms with E-state index in [1.807, 2.05) is 24.3 Å². The number of hydrogen-bond donors (Lipinski definition) is 2. The normalized spacial score (nSPS) is 25.9. The molecule has 1 saturated heterocycles. The van der Waals surface area contributed by atoms with Crippen molar-refractivity contribution < 1.29 is 24.2 Å². The summed E-state index contributed by atoms with van der Waals surface area (Å²) in [5, 5.41) is 12.5. The summed E-state index contributed by atoms with van der Waals surface area (Å²) in [7, 11) is 0. The van der Waals surface area contributed by atoms with E-state index in [9.17, 15) is 19.5 Å². The maximum absolute atomic E-state index is 12.5. The smallest absolute Gasteiger partial charge is 0.317 e. The standard InChI is InChI=1S/C20H25N3O5/c24-17-12-28-16-7-2-1-6-15(16)23(17)10-4-9-21-19(27)22-11-14-5-3-8-20(14,13-22)18(25)26/h1-2,6-7,14H,3-5,8-13H2,(H,21,27)(H,25,26)/t14-,20+/m0/s1. The number of nitrogens with zero attached hydrogens (tertiary/aromatic N) is 2. The molecule has 0 radical (unpaired) electrons. The maximum atomic E-state index is 12.5. The number of nitrogens with one attached hydrogen (secondary N) is 1. The molecule has 2 heterocycles. The van der Waals surface area contributed by atoms with Crippen LogP contribution in [0.15, 0.2) is 24.3 Å². The Morgan fingerprint density at radius 2 is 2.14 bits per heavy atom. The summed E-state index contributed by atoms with van der Waals surface area (Å²) in [5.74, 6) is -0.137. The maximum Gasteiger partial charge on any atom is 0.317 e. The summed E-state index contributed by atoms with van der Waals surface area (Å²) < 4.78 is 5.43. The Hall–Kier alpha value is -2.77. The number of likely N-dealkylation sites (tertiary alicyclic amines) is 1. The van der Waals surface area contributed by atoms with Gasteiger partial charge < -0.3 is 25.0 Å². The quantitative estimate of drug-likeness (QED) is 0.749. The van der Waals surface area contributed by atoms with Gasteiger partial charge in [0.05, 0.1) is 11.1 Å². The minimum Gasteiger partial charge on any atom is -0.482 e. The van der Waals surface area contributed by atoms with E-state index in [0.717, 1.165) is 18.5 Å². The van der Waals surface area contributed by atoms with Crippen LogP contribution < -0.4 is 15.0 Å². The van der Waals surface area contributed by atoms with Crippen LogP contribution in [0.25, 0.3) is 0 Å². The fourth-order valence-corrected chi connectivity index (χ4v) is 4.74. The van der Waals surface area contributed by atoms with Crippen molar-refractivity contribution in [3.05, 3.63) is 24.3 Å². The van der Waals surface area contributed by atoms with Gasteiger partial charge in [0.2, 0.25) is 0 Å². The number of carboxylic acids is 1. The third-order valence-corrected chi connectivity index (χ3v) is 6.23. The van der Waals surface area contributed by atoms with Crippen LogP contribution in [0.4, 0.5) is 10.5 Å². The second-order valence-corrected chi connectivity index (χ2v) is 7.82. The molecule has 0 aromatic heterocycles. The van der Waals surface area contributed by atoms with Gasteiger partial charge in [0.25, 0.3) is 5.91 Å². The highest BCUT2D eigenvalue weighted by molar-refractivity contribution is 5.97. The van der Waals surface area contributed by atoms with Crippen LogP contribution in [0.1, 0.15) is 25.7 Å². The second-order valence-electron chi connectivity index (χ2n) is 7.82. The molecule has 2 aliphatic heterocycles.